The predicted molar refractivity (Wildman–Crippen MR) is 155 cm³/mol. The first-order chi connectivity index (χ1) is 19.8. The number of benzene rings is 3. The first kappa shape index (κ1) is 25.6. The van der Waals surface area contributed by atoms with Gasteiger partial charge in [0, 0.05) is 17.9 Å². The van der Waals surface area contributed by atoms with Gasteiger partial charge < -0.3 is 9.32 Å². The van der Waals surface area contributed by atoms with E-state index in [1.54, 1.807) is 47.4 Å². The van der Waals surface area contributed by atoms with Crippen molar-refractivity contribution in [1.82, 2.24) is 10.2 Å². The van der Waals surface area contributed by atoms with Gasteiger partial charge in [0.25, 0.3) is 11.8 Å². The summed E-state index contributed by atoms with van der Waals surface area (Å²) < 4.78 is 20.0. The molecule has 0 aliphatic carbocycles. The Bertz CT molecular complexity index is 1950. The van der Waals surface area contributed by atoms with Gasteiger partial charge in [0.05, 0.1) is 16.6 Å². The Morgan fingerprint density at radius 3 is 2.59 bits per heavy atom. The molecule has 0 saturated carbocycles. The molecule has 1 atom stereocenters. The zero-order valence-electron chi connectivity index (χ0n) is 21.9. The maximum Gasteiger partial charge on any atom is 0.297 e. The molecule has 1 unspecified atom stereocenters. The van der Waals surface area contributed by atoms with Crippen molar-refractivity contribution >= 4 is 56.7 Å². The Morgan fingerprint density at radius 2 is 1.80 bits per heavy atom. The third kappa shape index (κ3) is 3.62. The van der Waals surface area contributed by atoms with E-state index in [1.807, 2.05) is 26.0 Å². The number of thioether (sulfide) groups is 1. The maximum atomic E-state index is 14.5. The fourth-order valence-electron chi connectivity index (χ4n) is 5.67. The molecule has 0 fully saturated rings. The average molecular weight is 585 g/mol. The normalized spacial score (nSPS) is 17.6. The number of para-hydroxylation sites is 1. The molecule has 4 heterocycles. The van der Waals surface area contributed by atoms with Gasteiger partial charge in [0.1, 0.15) is 11.4 Å². The van der Waals surface area contributed by atoms with E-state index in [0.29, 0.717) is 33.3 Å². The summed E-state index contributed by atoms with van der Waals surface area (Å²) in [6.07, 6.45) is 0. The highest BCUT2D eigenvalue weighted by atomic mass is 32.2. The third-order valence-corrected chi connectivity index (χ3v) is 9.57. The van der Waals surface area contributed by atoms with E-state index in [-0.39, 0.29) is 27.9 Å². The molecule has 2 aliphatic rings. The lowest BCUT2D eigenvalue weighted by Gasteiger charge is -2.31. The summed E-state index contributed by atoms with van der Waals surface area (Å²) in [5, 5.41) is 9.08. The number of amides is 2. The number of fused-ring (bicyclic) bond motifs is 5. The number of aryl methyl sites for hydroxylation is 1. The molecule has 11 heteroatoms. The van der Waals surface area contributed by atoms with E-state index in [0.717, 1.165) is 22.5 Å². The van der Waals surface area contributed by atoms with Gasteiger partial charge >= 0.3 is 0 Å². The van der Waals surface area contributed by atoms with E-state index >= 15 is 0 Å². The number of likely N-dealkylation sites (N-methyl/N-ethyl adjacent to an activating group) is 1. The smallest absolute Gasteiger partial charge is 0.297 e. The highest BCUT2D eigenvalue weighted by molar-refractivity contribution is 8.00. The molecule has 5 aromatic rings. The van der Waals surface area contributed by atoms with Crippen molar-refractivity contribution in [1.29, 1.82) is 0 Å². The summed E-state index contributed by atoms with van der Waals surface area (Å²) >= 11 is 2.52. The van der Waals surface area contributed by atoms with E-state index in [4.69, 9.17) is 4.42 Å². The van der Waals surface area contributed by atoms with Crippen molar-refractivity contribution in [3.05, 3.63) is 111 Å². The Hall–Kier alpha value is -4.35. The third-order valence-electron chi connectivity index (χ3n) is 7.46. The van der Waals surface area contributed by atoms with Crippen molar-refractivity contribution in [3.8, 4) is 0 Å². The summed E-state index contributed by atoms with van der Waals surface area (Å²) in [4.78, 5) is 45.8. The first-order valence-electron chi connectivity index (χ1n) is 12.9. The molecule has 2 aromatic heterocycles. The van der Waals surface area contributed by atoms with Crippen LogP contribution in [0.5, 0.6) is 0 Å². The molecule has 0 bridgehead atoms. The summed E-state index contributed by atoms with van der Waals surface area (Å²) in [6, 6.07) is 18.5. The quantitative estimate of drug-likeness (QED) is 0.194. The Morgan fingerprint density at radius 1 is 1.02 bits per heavy atom. The number of nitrogens with zero attached hydrogens (tertiary/aromatic N) is 4. The fraction of sp³-hybridized carbons (Fsp3) is 0.167. The van der Waals surface area contributed by atoms with Crippen molar-refractivity contribution in [3.63, 3.8) is 0 Å². The second kappa shape index (κ2) is 9.35. The van der Waals surface area contributed by atoms with Crippen molar-refractivity contribution < 1.29 is 18.4 Å². The number of rotatable bonds is 5. The minimum Gasteiger partial charge on any atom is -0.450 e. The van der Waals surface area contributed by atoms with Crippen LogP contribution in [-0.2, 0) is 16.1 Å². The second-order valence-corrected chi connectivity index (χ2v) is 12.0. The lowest BCUT2D eigenvalue weighted by Crippen LogP contribution is -2.53. The lowest BCUT2D eigenvalue weighted by atomic mass is 9.84. The van der Waals surface area contributed by atoms with Gasteiger partial charge in [-0.2, -0.15) is 0 Å². The van der Waals surface area contributed by atoms with Crippen LogP contribution in [0.25, 0.3) is 11.0 Å². The number of hydrogen-bond acceptors (Lipinski definition) is 8. The molecule has 204 valence electrons. The van der Waals surface area contributed by atoms with Crippen molar-refractivity contribution in [2.24, 2.45) is 0 Å². The number of carbonyl (C=O) groups is 2. The highest BCUT2D eigenvalue weighted by Gasteiger charge is 2.66. The van der Waals surface area contributed by atoms with Crippen LogP contribution in [-0.4, -0.2) is 28.6 Å². The molecule has 0 N–H and O–H groups in total. The van der Waals surface area contributed by atoms with Crippen LogP contribution < -0.4 is 15.2 Å². The number of carbonyl (C=O) groups excluding carboxylic acids is 2. The van der Waals surface area contributed by atoms with Gasteiger partial charge in [-0.1, -0.05) is 65.1 Å². The molecular formula is C30H21FN4O4S2. The minimum atomic E-state index is -1.80. The second-order valence-electron chi connectivity index (χ2n) is 9.82. The Balaban J connectivity index is 1.43. The van der Waals surface area contributed by atoms with Gasteiger partial charge in [-0.05, 0) is 49.7 Å². The standard InChI is InChI=1S/C30H21FN4O4S2/c1-3-34-21-7-5-4-6-20(21)30(27(34)38)23-24(36)19-14-16(2)8-13-22(19)39-25(23)26(37)35(30)28-32-33-29(41-28)40-15-17-9-11-18(31)12-10-17/h4-14H,3,15H2,1-2H3. The molecule has 8 nitrogen and oxygen atoms in total. The van der Waals surface area contributed by atoms with E-state index in [2.05, 4.69) is 10.2 Å². The van der Waals surface area contributed by atoms with Crippen LogP contribution in [0.15, 0.2) is 80.3 Å². The molecule has 7 rings (SSSR count). The Labute approximate surface area is 241 Å². The molecular weight excluding hydrogens is 563 g/mol. The van der Waals surface area contributed by atoms with Crippen LogP contribution in [0.2, 0.25) is 0 Å². The molecule has 41 heavy (non-hydrogen) atoms. The summed E-state index contributed by atoms with van der Waals surface area (Å²) in [5.41, 5.74) is 0.893. The lowest BCUT2D eigenvalue weighted by molar-refractivity contribution is -0.121. The van der Waals surface area contributed by atoms with Crippen LogP contribution in [0.4, 0.5) is 15.2 Å². The summed E-state index contributed by atoms with van der Waals surface area (Å²) in [6.45, 7) is 4.04. The highest BCUT2D eigenvalue weighted by Crippen LogP contribution is 2.54. The molecule has 2 aliphatic heterocycles. The zero-order chi connectivity index (χ0) is 28.5. The van der Waals surface area contributed by atoms with Crippen molar-refractivity contribution in [2.75, 3.05) is 16.3 Å². The molecule has 3 aromatic carbocycles. The van der Waals surface area contributed by atoms with Gasteiger partial charge in [0.15, 0.2) is 15.3 Å². The van der Waals surface area contributed by atoms with E-state index in [1.165, 1.54) is 28.8 Å². The number of hydrogen-bond donors (Lipinski definition) is 0. The molecule has 0 radical (unpaired) electrons. The van der Waals surface area contributed by atoms with Gasteiger partial charge in [-0.15, -0.1) is 10.2 Å². The SMILES string of the molecule is CCN1C(=O)C2(c3ccccc31)c1c(oc3ccc(C)cc3c1=O)C(=O)N2c1nnc(SCc2ccc(F)cc2)s1. The summed E-state index contributed by atoms with van der Waals surface area (Å²) in [7, 11) is 0. The van der Waals surface area contributed by atoms with Crippen LogP contribution in [0, 0.1) is 12.7 Å². The maximum absolute atomic E-state index is 14.5. The van der Waals surface area contributed by atoms with Crippen LogP contribution in [0.3, 0.4) is 0 Å². The topological polar surface area (TPSA) is 96.6 Å². The Kier molecular flexibility index (Phi) is 5.84. The average Bonchev–Trinajstić information content (AvgIpc) is 3.61. The predicted octanol–water partition coefficient (Wildman–Crippen LogP) is 5.65. The van der Waals surface area contributed by atoms with Gasteiger partial charge in [-0.3, -0.25) is 19.3 Å². The number of aromatic nitrogens is 2. The van der Waals surface area contributed by atoms with Crippen molar-refractivity contribution in [2.45, 2.75) is 29.5 Å². The zero-order valence-corrected chi connectivity index (χ0v) is 23.5. The largest absolute Gasteiger partial charge is 0.450 e. The van der Waals surface area contributed by atoms with E-state index < -0.39 is 22.8 Å². The molecule has 2 amide bonds. The van der Waals surface area contributed by atoms with E-state index in [9.17, 15) is 18.8 Å². The number of halogens is 1. The first-order valence-corrected chi connectivity index (χ1v) is 14.7. The fourth-order valence-corrected chi connectivity index (χ4v) is 7.52. The van der Waals surface area contributed by atoms with Crippen LogP contribution >= 0.6 is 23.1 Å². The monoisotopic (exact) mass is 584 g/mol. The van der Waals surface area contributed by atoms with Gasteiger partial charge in [0.2, 0.25) is 10.9 Å². The molecule has 0 saturated heterocycles. The van der Waals surface area contributed by atoms with Gasteiger partial charge in [-0.25, -0.2) is 4.39 Å². The molecule has 1 spiro atoms. The summed E-state index contributed by atoms with van der Waals surface area (Å²) in [5.74, 6) is -1.05. The van der Waals surface area contributed by atoms with Crippen LogP contribution in [0.1, 0.15) is 39.7 Å². The minimum absolute atomic E-state index is 0.00952. The number of anilines is 2.